The predicted octanol–water partition coefficient (Wildman–Crippen LogP) is 2.21. The summed E-state index contributed by atoms with van der Waals surface area (Å²) in [7, 11) is 0. The summed E-state index contributed by atoms with van der Waals surface area (Å²) in [6.07, 6.45) is 2.02. The van der Waals surface area contributed by atoms with Gasteiger partial charge in [-0.05, 0) is 31.0 Å². The third kappa shape index (κ3) is 4.79. The van der Waals surface area contributed by atoms with Crippen LogP contribution in [0.4, 0.5) is 5.69 Å². The Morgan fingerprint density at radius 3 is 2.25 bits per heavy atom. The lowest BCUT2D eigenvalue weighted by molar-refractivity contribution is -0.139. The largest absolute Gasteiger partial charge is 0.325 e. The molecule has 0 aliphatic carbocycles. The number of benzene rings is 1. The Bertz CT molecular complexity index is 598. The topological polar surface area (TPSA) is 92.5 Å². The van der Waals surface area contributed by atoms with E-state index in [9.17, 15) is 14.4 Å². The second-order valence-corrected chi connectivity index (χ2v) is 6.19. The SMILES string of the molecule is CCCC(C)(N)C(=O)Nc1ccc(CN2C(=O)CCC2=O)cc1.Cl. The zero-order valence-corrected chi connectivity index (χ0v) is 14.8. The number of nitrogens with two attached hydrogens (primary N) is 1. The average molecular weight is 354 g/mol. The summed E-state index contributed by atoms with van der Waals surface area (Å²) < 4.78 is 0. The van der Waals surface area contributed by atoms with Crippen molar-refractivity contribution in [1.29, 1.82) is 0 Å². The van der Waals surface area contributed by atoms with E-state index in [4.69, 9.17) is 5.73 Å². The number of halogens is 1. The van der Waals surface area contributed by atoms with Gasteiger partial charge in [-0.1, -0.05) is 25.5 Å². The van der Waals surface area contributed by atoms with Crippen LogP contribution in [0.1, 0.15) is 45.1 Å². The number of carbonyl (C=O) groups excluding carboxylic acids is 3. The second-order valence-electron chi connectivity index (χ2n) is 6.19. The van der Waals surface area contributed by atoms with Crippen LogP contribution in [0.3, 0.4) is 0 Å². The molecule has 1 fully saturated rings. The van der Waals surface area contributed by atoms with Gasteiger partial charge in [0.05, 0.1) is 12.1 Å². The molecule has 1 aromatic carbocycles. The predicted molar refractivity (Wildman–Crippen MR) is 94.6 cm³/mol. The molecule has 132 valence electrons. The fourth-order valence-electron chi connectivity index (χ4n) is 2.58. The summed E-state index contributed by atoms with van der Waals surface area (Å²) in [4.78, 5) is 36.6. The first-order valence-electron chi connectivity index (χ1n) is 7.86. The summed E-state index contributed by atoms with van der Waals surface area (Å²) in [6, 6.07) is 7.09. The standard InChI is InChI=1S/C17H23N3O3.ClH/c1-3-10-17(2,18)16(23)19-13-6-4-12(5-7-13)11-20-14(21)8-9-15(20)22;/h4-7H,3,8-11,18H2,1-2H3,(H,19,23);1H. The molecule has 0 spiro atoms. The molecule has 6 nitrogen and oxygen atoms in total. The maximum atomic E-state index is 12.1. The van der Waals surface area contributed by atoms with Crippen molar-refractivity contribution < 1.29 is 14.4 Å². The molecule has 24 heavy (non-hydrogen) atoms. The van der Waals surface area contributed by atoms with Crippen molar-refractivity contribution in [3.8, 4) is 0 Å². The zero-order valence-electron chi connectivity index (χ0n) is 14.0. The van der Waals surface area contributed by atoms with Crippen molar-refractivity contribution in [2.45, 2.75) is 51.6 Å². The van der Waals surface area contributed by atoms with Crippen molar-refractivity contribution in [3.63, 3.8) is 0 Å². The van der Waals surface area contributed by atoms with Crippen molar-refractivity contribution in [3.05, 3.63) is 29.8 Å². The molecule has 1 atom stereocenters. The Kier molecular flexibility index (Phi) is 6.93. The fourth-order valence-corrected chi connectivity index (χ4v) is 2.58. The summed E-state index contributed by atoms with van der Waals surface area (Å²) in [5, 5.41) is 2.79. The van der Waals surface area contributed by atoms with E-state index >= 15 is 0 Å². The normalized spacial score (nSPS) is 16.5. The summed E-state index contributed by atoms with van der Waals surface area (Å²) in [5.41, 5.74) is 6.58. The Labute approximate surface area is 148 Å². The second kappa shape index (κ2) is 8.26. The van der Waals surface area contributed by atoms with Crippen molar-refractivity contribution >= 4 is 35.8 Å². The number of anilines is 1. The van der Waals surface area contributed by atoms with Gasteiger partial charge in [0.1, 0.15) is 0 Å². The minimum absolute atomic E-state index is 0. The van der Waals surface area contributed by atoms with E-state index in [-0.39, 0.29) is 36.7 Å². The molecule has 1 saturated heterocycles. The Balaban J connectivity index is 0.00000288. The van der Waals surface area contributed by atoms with E-state index in [0.717, 1.165) is 12.0 Å². The van der Waals surface area contributed by atoms with Gasteiger partial charge in [-0.25, -0.2) is 0 Å². The van der Waals surface area contributed by atoms with Gasteiger partial charge in [0.15, 0.2) is 0 Å². The number of amides is 3. The first-order chi connectivity index (χ1) is 10.8. The molecule has 0 radical (unpaired) electrons. The lowest BCUT2D eigenvalue weighted by Gasteiger charge is -2.23. The van der Waals surface area contributed by atoms with Crippen LogP contribution in [-0.2, 0) is 20.9 Å². The van der Waals surface area contributed by atoms with Gasteiger partial charge >= 0.3 is 0 Å². The highest BCUT2D eigenvalue weighted by Crippen LogP contribution is 2.18. The van der Waals surface area contributed by atoms with Gasteiger partial charge in [-0.15, -0.1) is 12.4 Å². The van der Waals surface area contributed by atoms with Crippen LogP contribution in [0.25, 0.3) is 0 Å². The molecule has 3 N–H and O–H groups in total. The van der Waals surface area contributed by atoms with Crippen LogP contribution in [0.15, 0.2) is 24.3 Å². The van der Waals surface area contributed by atoms with E-state index in [1.54, 1.807) is 31.2 Å². The molecule has 1 aliphatic rings. The number of nitrogens with one attached hydrogen (secondary N) is 1. The van der Waals surface area contributed by atoms with Crippen LogP contribution >= 0.6 is 12.4 Å². The Morgan fingerprint density at radius 2 is 1.75 bits per heavy atom. The van der Waals surface area contributed by atoms with Crippen molar-refractivity contribution in [1.82, 2.24) is 4.90 Å². The molecule has 0 aromatic heterocycles. The van der Waals surface area contributed by atoms with E-state index in [1.807, 2.05) is 6.92 Å². The van der Waals surface area contributed by atoms with Gasteiger partial charge in [0, 0.05) is 18.5 Å². The van der Waals surface area contributed by atoms with Crippen LogP contribution < -0.4 is 11.1 Å². The van der Waals surface area contributed by atoms with Gasteiger partial charge < -0.3 is 11.1 Å². The Morgan fingerprint density at radius 1 is 1.21 bits per heavy atom. The number of hydrogen-bond acceptors (Lipinski definition) is 4. The van der Waals surface area contributed by atoms with E-state index in [0.29, 0.717) is 24.9 Å². The highest BCUT2D eigenvalue weighted by atomic mass is 35.5. The van der Waals surface area contributed by atoms with Crippen LogP contribution in [-0.4, -0.2) is 28.2 Å². The maximum Gasteiger partial charge on any atom is 0.244 e. The molecule has 2 rings (SSSR count). The summed E-state index contributed by atoms with van der Waals surface area (Å²) in [6.45, 7) is 3.97. The molecule has 0 saturated carbocycles. The van der Waals surface area contributed by atoms with Crippen molar-refractivity contribution in [2.75, 3.05) is 5.32 Å². The van der Waals surface area contributed by atoms with Gasteiger partial charge in [0.2, 0.25) is 17.7 Å². The minimum Gasteiger partial charge on any atom is -0.325 e. The van der Waals surface area contributed by atoms with E-state index in [1.165, 1.54) is 4.90 Å². The van der Waals surface area contributed by atoms with Gasteiger partial charge in [-0.3, -0.25) is 19.3 Å². The number of likely N-dealkylation sites (tertiary alicyclic amines) is 1. The molecule has 1 heterocycles. The zero-order chi connectivity index (χ0) is 17.0. The number of hydrogen-bond donors (Lipinski definition) is 2. The quantitative estimate of drug-likeness (QED) is 0.767. The van der Waals surface area contributed by atoms with Crippen LogP contribution in [0, 0.1) is 0 Å². The molecular formula is C17H24ClN3O3. The number of carbonyl (C=O) groups is 3. The van der Waals surface area contributed by atoms with Crippen molar-refractivity contribution in [2.24, 2.45) is 5.73 Å². The Hall–Kier alpha value is -1.92. The number of rotatable bonds is 6. The highest BCUT2D eigenvalue weighted by molar-refractivity contribution is 6.01. The molecule has 3 amide bonds. The van der Waals surface area contributed by atoms with Gasteiger partial charge in [-0.2, -0.15) is 0 Å². The third-order valence-corrected chi connectivity index (χ3v) is 4.00. The van der Waals surface area contributed by atoms with Gasteiger partial charge in [0.25, 0.3) is 0 Å². The minimum atomic E-state index is -0.901. The first kappa shape index (κ1) is 20.1. The van der Waals surface area contributed by atoms with Crippen LogP contribution in [0.5, 0.6) is 0 Å². The first-order valence-corrected chi connectivity index (χ1v) is 7.86. The molecule has 0 bridgehead atoms. The molecule has 7 heteroatoms. The number of imide groups is 1. The lowest BCUT2D eigenvalue weighted by Crippen LogP contribution is -2.48. The third-order valence-electron chi connectivity index (χ3n) is 4.00. The smallest absolute Gasteiger partial charge is 0.244 e. The highest BCUT2D eigenvalue weighted by Gasteiger charge is 2.29. The molecule has 1 aliphatic heterocycles. The molecular weight excluding hydrogens is 330 g/mol. The fraction of sp³-hybridized carbons (Fsp3) is 0.471. The average Bonchev–Trinajstić information content (AvgIpc) is 2.81. The lowest BCUT2D eigenvalue weighted by atomic mass is 9.96. The van der Waals surface area contributed by atoms with E-state index in [2.05, 4.69) is 5.32 Å². The number of nitrogens with zero attached hydrogens (tertiary/aromatic N) is 1. The van der Waals surface area contributed by atoms with Crippen LogP contribution in [0.2, 0.25) is 0 Å². The summed E-state index contributed by atoms with van der Waals surface area (Å²) >= 11 is 0. The molecule has 1 unspecified atom stereocenters. The molecule has 1 aromatic rings. The monoisotopic (exact) mass is 353 g/mol. The maximum absolute atomic E-state index is 12.1. The van der Waals surface area contributed by atoms with E-state index < -0.39 is 5.54 Å². The summed E-state index contributed by atoms with van der Waals surface area (Å²) in [5.74, 6) is -0.492.